The van der Waals surface area contributed by atoms with Crippen molar-refractivity contribution in [3.63, 3.8) is 0 Å². The van der Waals surface area contributed by atoms with Crippen LogP contribution >= 0.6 is 0 Å². The molecule has 1 aromatic heterocycles. The van der Waals surface area contributed by atoms with Crippen molar-refractivity contribution in [2.24, 2.45) is 0 Å². The maximum absolute atomic E-state index is 12.5. The van der Waals surface area contributed by atoms with E-state index in [9.17, 15) is 9.59 Å². The summed E-state index contributed by atoms with van der Waals surface area (Å²) in [5.74, 6) is 0.369. The number of methoxy groups -OCH3 is 1. The molecule has 0 unspecified atom stereocenters. The lowest BCUT2D eigenvalue weighted by atomic mass is 10.1. The maximum atomic E-state index is 12.5. The lowest BCUT2D eigenvalue weighted by molar-refractivity contribution is -0.115. The molecule has 0 saturated carbocycles. The maximum Gasteiger partial charge on any atom is 0.362 e. The Morgan fingerprint density at radius 3 is 2.69 bits per heavy atom. The van der Waals surface area contributed by atoms with Gasteiger partial charge in [-0.3, -0.25) is 4.79 Å². The van der Waals surface area contributed by atoms with Gasteiger partial charge in [0.2, 0.25) is 5.91 Å². The molecule has 6 heteroatoms. The Hall–Kier alpha value is -3.28. The fourth-order valence-electron chi connectivity index (χ4n) is 2.78. The van der Waals surface area contributed by atoms with Crippen LogP contribution in [0.15, 0.2) is 57.7 Å². The highest BCUT2D eigenvalue weighted by Crippen LogP contribution is 2.28. The Labute approximate surface area is 150 Å². The first-order chi connectivity index (χ1) is 12.6. The Bertz CT molecular complexity index is 995. The molecule has 6 nitrogen and oxygen atoms in total. The zero-order valence-corrected chi connectivity index (χ0v) is 14.7. The Balaban J connectivity index is 1.92. The normalized spacial score (nSPS) is 10.5. The summed E-state index contributed by atoms with van der Waals surface area (Å²) < 4.78 is 10.5. The molecule has 0 atom stereocenters. The molecule has 0 bridgehead atoms. The molecular formula is C20H20N2O4. The summed E-state index contributed by atoms with van der Waals surface area (Å²) in [5.41, 5.74) is 1.37. The minimum Gasteiger partial charge on any atom is -0.497 e. The van der Waals surface area contributed by atoms with Crippen molar-refractivity contribution in [3.05, 3.63) is 64.5 Å². The minimum atomic E-state index is -0.585. The Morgan fingerprint density at radius 1 is 1.12 bits per heavy atom. The molecule has 0 aliphatic rings. The number of fused-ring (bicyclic) bond motifs is 1. The van der Waals surface area contributed by atoms with Gasteiger partial charge in [0.05, 0.1) is 19.2 Å². The predicted octanol–water partition coefficient (Wildman–Crippen LogP) is 3.41. The third kappa shape index (κ3) is 3.69. The van der Waals surface area contributed by atoms with Crippen LogP contribution in [0.5, 0.6) is 5.75 Å². The van der Waals surface area contributed by atoms with Crippen LogP contribution in [0.1, 0.15) is 12.5 Å². The van der Waals surface area contributed by atoms with E-state index in [0.717, 1.165) is 10.9 Å². The average Bonchev–Trinajstić information content (AvgIpc) is 2.64. The van der Waals surface area contributed by atoms with Crippen molar-refractivity contribution in [2.75, 3.05) is 24.3 Å². The van der Waals surface area contributed by atoms with E-state index in [1.165, 1.54) is 0 Å². The fourth-order valence-corrected chi connectivity index (χ4v) is 2.78. The van der Waals surface area contributed by atoms with Gasteiger partial charge < -0.3 is 19.8 Å². The molecule has 2 aromatic carbocycles. The van der Waals surface area contributed by atoms with Gasteiger partial charge in [-0.1, -0.05) is 24.3 Å². The molecule has 134 valence electrons. The van der Waals surface area contributed by atoms with Gasteiger partial charge in [-0.05, 0) is 36.8 Å². The summed E-state index contributed by atoms with van der Waals surface area (Å²) in [6, 6.07) is 14.4. The highest BCUT2D eigenvalue weighted by Gasteiger charge is 2.16. The van der Waals surface area contributed by atoms with Crippen LogP contribution < -0.4 is 21.0 Å². The Kier molecular flexibility index (Phi) is 5.22. The van der Waals surface area contributed by atoms with Crippen LogP contribution in [0.2, 0.25) is 0 Å². The third-order valence-electron chi connectivity index (χ3n) is 3.93. The zero-order valence-electron chi connectivity index (χ0n) is 14.7. The number of benzene rings is 2. The van der Waals surface area contributed by atoms with Crippen LogP contribution in [-0.4, -0.2) is 19.6 Å². The molecule has 1 amide bonds. The number of nitrogens with one attached hydrogen (secondary N) is 2. The summed E-state index contributed by atoms with van der Waals surface area (Å²) in [4.78, 5) is 24.8. The van der Waals surface area contributed by atoms with E-state index < -0.39 is 5.63 Å². The first-order valence-electron chi connectivity index (χ1n) is 8.35. The molecule has 26 heavy (non-hydrogen) atoms. The largest absolute Gasteiger partial charge is 0.497 e. The van der Waals surface area contributed by atoms with E-state index in [1.54, 1.807) is 25.3 Å². The lowest BCUT2D eigenvalue weighted by Crippen LogP contribution is -2.21. The monoisotopic (exact) mass is 352 g/mol. The van der Waals surface area contributed by atoms with Crippen LogP contribution in [-0.2, 0) is 11.2 Å². The number of rotatable bonds is 6. The molecule has 2 N–H and O–H groups in total. The van der Waals surface area contributed by atoms with Crippen molar-refractivity contribution in [1.29, 1.82) is 0 Å². The number of carbonyl (C=O) groups is 1. The van der Waals surface area contributed by atoms with Gasteiger partial charge in [0.15, 0.2) is 5.69 Å². The smallest absolute Gasteiger partial charge is 0.362 e. The predicted molar refractivity (Wildman–Crippen MR) is 102 cm³/mol. The van der Waals surface area contributed by atoms with E-state index in [0.29, 0.717) is 23.6 Å². The molecule has 1 heterocycles. The number of amides is 1. The molecule has 0 aliphatic heterocycles. The standard InChI is InChI=1S/C20H20N2O4/c1-3-21-18-15-9-4-5-10-16(15)26-20(24)19(18)22-17(23)12-13-7-6-8-14(11-13)25-2/h4-11,21H,3,12H2,1-2H3,(H,22,23). The van der Waals surface area contributed by atoms with Gasteiger partial charge in [-0.2, -0.15) is 0 Å². The summed E-state index contributed by atoms with van der Waals surface area (Å²) in [6.07, 6.45) is 0.120. The third-order valence-corrected chi connectivity index (χ3v) is 3.93. The second-order valence-corrected chi connectivity index (χ2v) is 5.74. The van der Waals surface area contributed by atoms with E-state index >= 15 is 0 Å². The van der Waals surface area contributed by atoms with Crippen LogP contribution in [0.3, 0.4) is 0 Å². The van der Waals surface area contributed by atoms with Crippen molar-refractivity contribution < 1.29 is 13.9 Å². The average molecular weight is 352 g/mol. The molecule has 3 rings (SSSR count). The van der Waals surface area contributed by atoms with Crippen molar-refractivity contribution >= 4 is 28.3 Å². The van der Waals surface area contributed by atoms with E-state index in [-0.39, 0.29) is 18.0 Å². The van der Waals surface area contributed by atoms with Gasteiger partial charge in [0, 0.05) is 11.9 Å². The van der Waals surface area contributed by atoms with Gasteiger partial charge in [-0.25, -0.2) is 4.79 Å². The highest BCUT2D eigenvalue weighted by molar-refractivity contribution is 6.02. The first kappa shape index (κ1) is 17.5. The number of para-hydroxylation sites is 1. The second kappa shape index (κ2) is 7.74. The van der Waals surface area contributed by atoms with Crippen molar-refractivity contribution in [2.45, 2.75) is 13.3 Å². The number of ether oxygens (including phenoxy) is 1. The molecular weight excluding hydrogens is 332 g/mol. The van der Waals surface area contributed by atoms with Gasteiger partial charge in [-0.15, -0.1) is 0 Å². The lowest BCUT2D eigenvalue weighted by Gasteiger charge is -2.13. The molecule has 0 saturated heterocycles. The second-order valence-electron chi connectivity index (χ2n) is 5.74. The number of carbonyl (C=O) groups excluding carboxylic acids is 1. The molecule has 0 fully saturated rings. The van der Waals surface area contributed by atoms with Crippen molar-refractivity contribution in [1.82, 2.24) is 0 Å². The summed E-state index contributed by atoms with van der Waals surface area (Å²) >= 11 is 0. The van der Waals surface area contributed by atoms with Crippen LogP contribution in [0, 0.1) is 0 Å². The molecule has 3 aromatic rings. The fraction of sp³-hybridized carbons (Fsp3) is 0.200. The van der Waals surface area contributed by atoms with Crippen molar-refractivity contribution in [3.8, 4) is 5.75 Å². The number of hydrogen-bond acceptors (Lipinski definition) is 5. The number of anilines is 2. The molecule has 0 aliphatic carbocycles. The summed E-state index contributed by atoms with van der Waals surface area (Å²) in [7, 11) is 1.57. The van der Waals surface area contributed by atoms with Crippen LogP contribution in [0.25, 0.3) is 11.0 Å². The summed E-state index contributed by atoms with van der Waals surface area (Å²) in [5, 5.41) is 6.59. The first-order valence-corrected chi connectivity index (χ1v) is 8.35. The highest BCUT2D eigenvalue weighted by atomic mass is 16.5. The Morgan fingerprint density at radius 2 is 1.92 bits per heavy atom. The minimum absolute atomic E-state index is 0.120. The number of hydrogen-bond donors (Lipinski definition) is 2. The zero-order chi connectivity index (χ0) is 18.5. The summed E-state index contributed by atoms with van der Waals surface area (Å²) in [6.45, 7) is 2.53. The van der Waals surface area contributed by atoms with E-state index in [1.807, 2.05) is 37.3 Å². The molecule has 0 radical (unpaired) electrons. The van der Waals surface area contributed by atoms with Gasteiger partial charge >= 0.3 is 5.63 Å². The quantitative estimate of drug-likeness (QED) is 0.665. The SMILES string of the molecule is CCNc1c(NC(=O)Cc2cccc(OC)c2)c(=O)oc2ccccc12. The topological polar surface area (TPSA) is 80.6 Å². The van der Waals surface area contributed by atoms with Gasteiger partial charge in [0.25, 0.3) is 0 Å². The van der Waals surface area contributed by atoms with E-state index in [2.05, 4.69) is 10.6 Å². The van der Waals surface area contributed by atoms with Gasteiger partial charge in [0.1, 0.15) is 11.3 Å². The molecule has 0 spiro atoms. The van der Waals surface area contributed by atoms with Crippen LogP contribution in [0.4, 0.5) is 11.4 Å². The van der Waals surface area contributed by atoms with E-state index in [4.69, 9.17) is 9.15 Å².